The van der Waals surface area contributed by atoms with Crippen LogP contribution in [0.15, 0.2) is 12.3 Å². The van der Waals surface area contributed by atoms with E-state index in [9.17, 15) is 0 Å². The summed E-state index contributed by atoms with van der Waals surface area (Å²) >= 11 is 0. The van der Waals surface area contributed by atoms with Crippen molar-refractivity contribution >= 4 is 11.8 Å². The van der Waals surface area contributed by atoms with Crippen molar-refractivity contribution in [3.8, 4) is 0 Å². The molecule has 6 nitrogen and oxygen atoms in total. The number of nitrogens with one attached hydrogen (secondary N) is 1. The maximum absolute atomic E-state index is 8.43. The van der Waals surface area contributed by atoms with Crippen molar-refractivity contribution in [2.24, 2.45) is 0 Å². The molecule has 0 unspecified atom stereocenters. The summed E-state index contributed by atoms with van der Waals surface area (Å²) in [6.07, 6.45) is 1.58. The highest BCUT2D eigenvalue weighted by Gasteiger charge is 1.94. The summed E-state index contributed by atoms with van der Waals surface area (Å²) in [6.45, 7) is 1.47. The second kappa shape index (κ2) is 6.11. The first kappa shape index (κ1) is 10.7. The van der Waals surface area contributed by atoms with Gasteiger partial charge in [0.2, 0.25) is 5.95 Å². The van der Waals surface area contributed by atoms with Gasteiger partial charge in [0.25, 0.3) is 0 Å². The molecule has 0 radical (unpaired) electrons. The van der Waals surface area contributed by atoms with E-state index in [0.29, 0.717) is 31.5 Å². The normalized spacial score (nSPS) is 10.1. The molecule has 0 aliphatic rings. The van der Waals surface area contributed by atoms with E-state index in [2.05, 4.69) is 15.3 Å². The second-order valence-corrected chi connectivity index (χ2v) is 2.57. The van der Waals surface area contributed by atoms with Crippen LogP contribution in [-0.4, -0.2) is 41.4 Å². The van der Waals surface area contributed by atoms with Crippen LogP contribution in [0.3, 0.4) is 0 Å². The summed E-state index contributed by atoms with van der Waals surface area (Å²) in [4.78, 5) is 7.89. The molecule has 1 rings (SSSR count). The lowest BCUT2D eigenvalue weighted by atomic mass is 10.6. The Labute approximate surface area is 82.1 Å². The Morgan fingerprint density at radius 3 is 3.07 bits per heavy atom. The monoisotopic (exact) mass is 198 g/mol. The molecule has 0 aliphatic carbocycles. The highest BCUT2D eigenvalue weighted by atomic mass is 16.5. The summed E-state index contributed by atoms with van der Waals surface area (Å²) < 4.78 is 5.04. The van der Waals surface area contributed by atoms with Crippen LogP contribution in [0.5, 0.6) is 0 Å². The van der Waals surface area contributed by atoms with Crippen molar-refractivity contribution in [1.82, 2.24) is 9.97 Å². The average molecular weight is 198 g/mol. The largest absolute Gasteiger partial charge is 0.394 e. The van der Waals surface area contributed by atoms with Gasteiger partial charge in [0.05, 0.1) is 19.8 Å². The van der Waals surface area contributed by atoms with Gasteiger partial charge in [0.15, 0.2) is 0 Å². The van der Waals surface area contributed by atoms with Crippen LogP contribution in [0.1, 0.15) is 0 Å². The smallest absolute Gasteiger partial charge is 0.224 e. The van der Waals surface area contributed by atoms with Gasteiger partial charge < -0.3 is 20.9 Å². The van der Waals surface area contributed by atoms with E-state index >= 15 is 0 Å². The number of hydrogen-bond acceptors (Lipinski definition) is 6. The summed E-state index contributed by atoms with van der Waals surface area (Å²) in [5, 5.41) is 11.4. The molecule has 1 aromatic rings. The third-order valence-electron chi connectivity index (χ3n) is 1.44. The Bertz CT molecular complexity index is 269. The zero-order valence-electron chi connectivity index (χ0n) is 7.81. The molecular formula is C8H14N4O2. The number of nitrogen functional groups attached to an aromatic ring is 1. The minimum atomic E-state index is 0.0365. The van der Waals surface area contributed by atoms with Crippen LogP contribution < -0.4 is 11.1 Å². The number of anilines is 2. The van der Waals surface area contributed by atoms with Crippen molar-refractivity contribution in [3.63, 3.8) is 0 Å². The van der Waals surface area contributed by atoms with Crippen LogP contribution in [0.2, 0.25) is 0 Å². The Morgan fingerprint density at radius 1 is 1.50 bits per heavy atom. The van der Waals surface area contributed by atoms with Crippen molar-refractivity contribution in [3.05, 3.63) is 12.3 Å². The molecule has 1 heterocycles. The van der Waals surface area contributed by atoms with Crippen molar-refractivity contribution in [2.45, 2.75) is 0 Å². The van der Waals surface area contributed by atoms with Gasteiger partial charge in [-0.05, 0) is 6.07 Å². The number of ether oxygens (including phenoxy) is 1. The third kappa shape index (κ3) is 4.01. The lowest BCUT2D eigenvalue weighted by Crippen LogP contribution is -2.13. The fraction of sp³-hybridized carbons (Fsp3) is 0.500. The van der Waals surface area contributed by atoms with Crippen molar-refractivity contribution in [1.29, 1.82) is 0 Å². The van der Waals surface area contributed by atoms with Gasteiger partial charge in [-0.15, -0.1) is 0 Å². The molecule has 0 atom stereocenters. The van der Waals surface area contributed by atoms with Crippen LogP contribution in [0.25, 0.3) is 0 Å². The minimum Gasteiger partial charge on any atom is -0.394 e. The van der Waals surface area contributed by atoms with Crippen LogP contribution in [0.4, 0.5) is 11.8 Å². The van der Waals surface area contributed by atoms with Crippen LogP contribution in [0, 0.1) is 0 Å². The van der Waals surface area contributed by atoms with Crippen LogP contribution in [-0.2, 0) is 4.74 Å². The van der Waals surface area contributed by atoms with Gasteiger partial charge in [-0.3, -0.25) is 0 Å². The van der Waals surface area contributed by atoms with E-state index in [1.165, 1.54) is 0 Å². The van der Waals surface area contributed by atoms with E-state index in [1.807, 2.05) is 0 Å². The number of rotatable bonds is 6. The maximum atomic E-state index is 8.43. The molecule has 78 valence electrons. The lowest BCUT2D eigenvalue weighted by molar-refractivity contribution is 0.0991. The molecule has 4 N–H and O–H groups in total. The number of aromatic nitrogens is 2. The number of aliphatic hydroxyl groups excluding tert-OH is 1. The molecule has 1 aromatic heterocycles. The Hall–Kier alpha value is -1.40. The Balaban J connectivity index is 2.18. The highest BCUT2D eigenvalue weighted by Crippen LogP contribution is 1.99. The highest BCUT2D eigenvalue weighted by molar-refractivity contribution is 5.34. The molecule has 0 saturated heterocycles. The van der Waals surface area contributed by atoms with Gasteiger partial charge in [-0.25, -0.2) is 4.98 Å². The number of hydrogen-bond donors (Lipinski definition) is 3. The Morgan fingerprint density at radius 2 is 2.36 bits per heavy atom. The molecular weight excluding hydrogens is 184 g/mol. The van der Waals surface area contributed by atoms with E-state index in [4.69, 9.17) is 15.6 Å². The topological polar surface area (TPSA) is 93.3 Å². The van der Waals surface area contributed by atoms with Gasteiger partial charge in [0, 0.05) is 12.7 Å². The molecule has 6 heteroatoms. The second-order valence-electron chi connectivity index (χ2n) is 2.57. The standard InChI is InChI=1S/C8H14N4O2/c9-7-1-2-10-8(12-7)11-3-5-14-6-4-13/h1-2,13H,3-6H2,(H3,9,10,11,12). The fourth-order valence-electron chi connectivity index (χ4n) is 0.859. The zero-order chi connectivity index (χ0) is 10.2. The first-order chi connectivity index (χ1) is 6.83. The molecule has 0 saturated carbocycles. The fourth-order valence-corrected chi connectivity index (χ4v) is 0.859. The summed E-state index contributed by atoms with van der Waals surface area (Å²) in [5.74, 6) is 0.913. The number of nitrogens with two attached hydrogens (primary N) is 1. The van der Waals surface area contributed by atoms with Crippen molar-refractivity contribution < 1.29 is 9.84 Å². The quantitative estimate of drug-likeness (QED) is 0.532. The summed E-state index contributed by atoms with van der Waals surface area (Å²) in [6, 6.07) is 1.62. The summed E-state index contributed by atoms with van der Waals surface area (Å²) in [7, 11) is 0. The molecule has 0 fully saturated rings. The SMILES string of the molecule is Nc1ccnc(NCCOCCO)n1. The molecule has 0 aliphatic heterocycles. The first-order valence-electron chi connectivity index (χ1n) is 4.34. The molecule has 0 bridgehead atoms. The molecule has 0 aromatic carbocycles. The predicted molar refractivity (Wildman–Crippen MR) is 52.8 cm³/mol. The van der Waals surface area contributed by atoms with E-state index in [1.54, 1.807) is 12.3 Å². The van der Waals surface area contributed by atoms with Gasteiger partial charge in [-0.2, -0.15) is 4.98 Å². The van der Waals surface area contributed by atoms with Gasteiger partial charge in [0.1, 0.15) is 5.82 Å². The summed E-state index contributed by atoms with van der Waals surface area (Å²) in [5.41, 5.74) is 5.46. The lowest BCUT2D eigenvalue weighted by Gasteiger charge is -2.04. The number of nitrogens with zero attached hydrogens (tertiary/aromatic N) is 2. The van der Waals surface area contributed by atoms with Gasteiger partial charge in [-0.1, -0.05) is 0 Å². The van der Waals surface area contributed by atoms with Crippen LogP contribution >= 0.6 is 0 Å². The predicted octanol–water partition coefficient (Wildman–Crippen LogP) is -0.520. The molecule has 0 amide bonds. The van der Waals surface area contributed by atoms with E-state index < -0.39 is 0 Å². The van der Waals surface area contributed by atoms with Crippen molar-refractivity contribution in [2.75, 3.05) is 37.4 Å². The molecule has 14 heavy (non-hydrogen) atoms. The Kier molecular flexibility index (Phi) is 4.66. The van der Waals surface area contributed by atoms with Gasteiger partial charge >= 0.3 is 0 Å². The molecule has 0 spiro atoms. The van der Waals surface area contributed by atoms with E-state index in [-0.39, 0.29) is 6.61 Å². The zero-order valence-corrected chi connectivity index (χ0v) is 7.81. The van der Waals surface area contributed by atoms with E-state index in [0.717, 1.165) is 0 Å². The maximum Gasteiger partial charge on any atom is 0.224 e. The first-order valence-corrected chi connectivity index (χ1v) is 4.34. The third-order valence-corrected chi connectivity index (χ3v) is 1.44. The average Bonchev–Trinajstić information content (AvgIpc) is 2.18. The number of aliphatic hydroxyl groups is 1. The minimum absolute atomic E-state index is 0.0365.